The van der Waals surface area contributed by atoms with Crippen LogP contribution in [0.2, 0.25) is 0 Å². The summed E-state index contributed by atoms with van der Waals surface area (Å²) in [6.07, 6.45) is 5.60. The number of rotatable bonds is 12. The van der Waals surface area contributed by atoms with Crippen molar-refractivity contribution in [2.75, 3.05) is 33.2 Å². The molecule has 0 radical (unpaired) electrons. The van der Waals surface area contributed by atoms with Crippen molar-refractivity contribution >= 4 is 18.2 Å². The molecule has 1 fully saturated rings. The summed E-state index contributed by atoms with van der Waals surface area (Å²) < 4.78 is 0. The molecule has 1 heterocycles. The highest BCUT2D eigenvalue weighted by Gasteiger charge is 2.30. The van der Waals surface area contributed by atoms with Gasteiger partial charge in [0.15, 0.2) is 0 Å². The normalized spacial score (nSPS) is 18.3. The molecule has 166 valence electrons. The van der Waals surface area contributed by atoms with Gasteiger partial charge in [-0.3, -0.25) is 14.4 Å². The zero-order valence-electron chi connectivity index (χ0n) is 19.0. The van der Waals surface area contributed by atoms with Crippen LogP contribution in [0.5, 0.6) is 0 Å². The highest BCUT2D eigenvalue weighted by molar-refractivity contribution is 5.93. The summed E-state index contributed by atoms with van der Waals surface area (Å²) in [5, 5.41) is 5.90. The predicted octanol–water partition coefficient (Wildman–Crippen LogP) is 1.79. The molecule has 0 saturated carbocycles. The van der Waals surface area contributed by atoms with Gasteiger partial charge in [0.2, 0.25) is 18.2 Å². The van der Waals surface area contributed by atoms with Crippen molar-refractivity contribution in [1.29, 1.82) is 0 Å². The maximum Gasteiger partial charge on any atom is 0.249 e. The van der Waals surface area contributed by atoms with Crippen LogP contribution in [0, 0.1) is 11.8 Å². The number of amides is 3. The zero-order valence-corrected chi connectivity index (χ0v) is 19.0. The number of likely N-dealkylation sites (N-methyl/N-ethyl adjacent to an activating group) is 1. The van der Waals surface area contributed by atoms with Crippen molar-refractivity contribution in [2.24, 2.45) is 11.8 Å². The van der Waals surface area contributed by atoms with Gasteiger partial charge in [0, 0.05) is 31.8 Å². The summed E-state index contributed by atoms with van der Waals surface area (Å²) in [6, 6.07) is 0.0248. The van der Waals surface area contributed by atoms with Crippen LogP contribution < -0.4 is 10.6 Å². The molecule has 0 bridgehead atoms. The summed E-state index contributed by atoms with van der Waals surface area (Å²) in [7, 11) is 1.71. The highest BCUT2D eigenvalue weighted by atomic mass is 16.2. The molecule has 0 aromatic carbocycles. The van der Waals surface area contributed by atoms with Gasteiger partial charge in [-0.1, -0.05) is 33.8 Å². The molecule has 1 saturated heterocycles. The standard InChI is InChI=1S/C22H40N4O3/c1-16(2)9-10-23-13-19-8-7-11-26(19)22(29)18(5)12-20(17(3)4)25(6)21(28)14-24-15-27/h12,15-17,19-20,23H,7-11,13-14H2,1-6H3,(H,24,27)/b18-12+/t19-,20+/m0/s1. The van der Waals surface area contributed by atoms with Crippen molar-refractivity contribution in [3.05, 3.63) is 11.6 Å². The van der Waals surface area contributed by atoms with Crippen LogP contribution >= 0.6 is 0 Å². The largest absolute Gasteiger partial charge is 0.350 e. The molecule has 1 aliphatic rings. The van der Waals surface area contributed by atoms with E-state index in [1.807, 2.05) is 31.7 Å². The number of carbonyl (C=O) groups excluding carboxylic acids is 3. The van der Waals surface area contributed by atoms with E-state index in [0.717, 1.165) is 38.9 Å². The van der Waals surface area contributed by atoms with Gasteiger partial charge in [-0.2, -0.15) is 0 Å². The molecule has 0 aliphatic carbocycles. The van der Waals surface area contributed by atoms with E-state index in [1.165, 1.54) is 0 Å². The molecule has 3 amide bonds. The predicted molar refractivity (Wildman–Crippen MR) is 116 cm³/mol. The highest BCUT2D eigenvalue weighted by Crippen LogP contribution is 2.21. The Morgan fingerprint density at radius 3 is 2.52 bits per heavy atom. The van der Waals surface area contributed by atoms with Gasteiger partial charge in [0.05, 0.1) is 12.6 Å². The lowest BCUT2D eigenvalue weighted by molar-refractivity contribution is -0.132. The fourth-order valence-electron chi connectivity index (χ4n) is 3.70. The van der Waals surface area contributed by atoms with Crippen molar-refractivity contribution in [3.8, 4) is 0 Å². The van der Waals surface area contributed by atoms with E-state index in [2.05, 4.69) is 24.5 Å². The summed E-state index contributed by atoms with van der Waals surface area (Å²) in [4.78, 5) is 39.4. The monoisotopic (exact) mass is 408 g/mol. The number of hydrogen-bond donors (Lipinski definition) is 2. The summed E-state index contributed by atoms with van der Waals surface area (Å²) in [6.45, 7) is 12.8. The molecule has 7 nitrogen and oxygen atoms in total. The third-order valence-corrected chi connectivity index (χ3v) is 5.53. The Balaban J connectivity index is 2.77. The van der Waals surface area contributed by atoms with E-state index in [4.69, 9.17) is 0 Å². The van der Waals surface area contributed by atoms with Crippen molar-refractivity contribution in [2.45, 2.75) is 66.0 Å². The minimum Gasteiger partial charge on any atom is -0.350 e. The van der Waals surface area contributed by atoms with E-state index >= 15 is 0 Å². The van der Waals surface area contributed by atoms with Crippen LogP contribution in [0.25, 0.3) is 0 Å². The van der Waals surface area contributed by atoms with Crippen LogP contribution in [0.4, 0.5) is 0 Å². The topological polar surface area (TPSA) is 81.8 Å². The molecular formula is C22H40N4O3. The average molecular weight is 409 g/mol. The maximum absolute atomic E-state index is 13.1. The Morgan fingerprint density at radius 2 is 1.93 bits per heavy atom. The molecule has 1 rings (SSSR count). The first-order chi connectivity index (χ1) is 13.7. The van der Waals surface area contributed by atoms with E-state index in [9.17, 15) is 14.4 Å². The molecule has 0 unspecified atom stereocenters. The first kappa shape index (κ1) is 25.1. The Labute approximate surface area is 176 Å². The second-order valence-electron chi connectivity index (χ2n) is 8.77. The molecule has 2 N–H and O–H groups in total. The molecule has 1 aliphatic heterocycles. The van der Waals surface area contributed by atoms with E-state index in [1.54, 1.807) is 11.9 Å². The Bertz CT molecular complexity index is 574. The SMILES string of the molecule is C/C(=C\[C@H](C(C)C)N(C)C(=O)CNC=O)C(=O)N1CCC[C@H]1CNCCC(C)C. The lowest BCUT2D eigenvalue weighted by Crippen LogP contribution is -2.45. The number of nitrogens with one attached hydrogen (secondary N) is 2. The summed E-state index contributed by atoms with van der Waals surface area (Å²) in [5.74, 6) is 0.690. The van der Waals surface area contributed by atoms with Crippen LogP contribution in [0.1, 0.15) is 53.9 Å². The number of nitrogens with zero attached hydrogens (tertiary/aromatic N) is 2. The summed E-state index contributed by atoms with van der Waals surface area (Å²) in [5.41, 5.74) is 0.667. The fourth-order valence-corrected chi connectivity index (χ4v) is 3.70. The van der Waals surface area contributed by atoms with Gasteiger partial charge in [0.1, 0.15) is 0 Å². The number of hydrogen-bond acceptors (Lipinski definition) is 4. The number of likely N-dealkylation sites (tertiary alicyclic amines) is 1. The molecule has 29 heavy (non-hydrogen) atoms. The first-order valence-electron chi connectivity index (χ1n) is 10.8. The second-order valence-corrected chi connectivity index (χ2v) is 8.77. The lowest BCUT2D eigenvalue weighted by atomic mass is 9.99. The zero-order chi connectivity index (χ0) is 22.0. The van der Waals surface area contributed by atoms with Gasteiger partial charge in [-0.25, -0.2) is 0 Å². The van der Waals surface area contributed by atoms with Crippen molar-refractivity contribution < 1.29 is 14.4 Å². The van der Waals surface area contributed by atoms with Gasteiger partial charge in [0.25, 0.3) is 0 Å². The van der Waals surface area contributed by atoms with Gasteiger partial charge < -0.3 is 20.4 Å². The van der Waals surface area contributed by atoms with Crippen LogP contribution in [0.15, 0.2) is 11.6 Å². The molecule has 0 aromatic heterocycles. The third-order valence-electron chi connectivity index (χ3n) is 5.53. The quantitative estimate of drug-likeness (QED) is 0.293. The van der Waals surface area contributed by atoms with Gasteiger partial charge >= 0.3 is 0 Å². The minimum atomic E-state index is -0.204. The van der Waals surface area contributed by atoms with Crippen LogP contribution in [0.3, 0.4) is 0 Å². The van der Waals surface area contributed by atoms with E-state index in [0.29, 0.717) is 17.9 Å². The Kier molecular flexibility index (Phi) is 10.9. The molecule has 7 heteroatoms. The summed E-state index contributed by atoms with van der Waals surface area (Å²) >= 11 is 0. The molecule has 0 aromatic rings. The maximum atomic E-state index is 13.1. The van der Waals surface area contributed by atoms with E-state index in [-0.39, 0.29) is 36.4 Å². The lowest BCUT2D eigenvalue weighted by Gasteiger charge is -2.30. The average Bonchev–Trinajstić information content (AvgIpc) is 3.14. The first-order valence-corrected chi connectivity index (χ1v) is 10.8. The van der Waals surface area contributed by atoms with Crippen molar-refractivity contribution in [3.63, 3.8) is 0 Å². The van der Waals surface area contributed by atoms with Gasteiger partial charge in [-0.15, -0.1) is 0 Å². The van der Waals surface area contributed by atoms with Crippen LogP contribution in [-0.2, 0) is 14.4 Å². The molecule has 2 atom stereocenters. The van der Waals surface area contributed by atoms with Crippen molar-refractivity contribution in [1.82, 2.24) is 20.4 Å². The van der Waals surface area contributed by atoms with Crippen LogP contribution in [-0.4, -0.2) is 73.3 Å². The Morgan fingerprint density at radius 1 is 1.24 bits per heavy atom. The minimum absolute atomic E-state index is 0.0414. The second kappa shape index (κ2) is 12.6. The fraction of sp³-hybridized carbons (Fsp3) is 0.773. The van der Waals surface area contributed by atoms with E-state index < -0.39 is 0 Å². The molecular weight excluding hydrogens is 368 g/mol. The Hall–Kier alpha value is -1.89. The number of carbonyl (C=O) groups is 3. The molecule has 0 spiro atoms. The van der Waals surface area contributed by atoms with Gasteiger partial charge in [-0.05, 0) is 44.6 Å². The third kappa shape index (κ3) is 8.17. The smallest absolute Gasteiger partial charge is 0.249 e.